The minimum absolute atomic E-state index is 0.0518. The number of hydrogen-bond donors (Lipinski definition) is 1. The molecule has 0 unspecified atom stereocenters. The number of nitrogens with zero attached hydrogens (tertiary/aromatic N) is 3. The number of likely N-dealkylation sites (tertiary alicyclic amines) is 1. The molecule has 0 bridgehead atoms. The maximum atomic E-state index is 13.7. The zero-order chi connectivity index (χ0) is 20.7. The van der Waals surface area contributed by atoms with Gasteiger partial charge in [0, 0.05) is 4.88 Å². The summed E-state index contributed by atoms with van der Waals surface area (Å²) in [6.07, 6.45) is 6.71. The number of hydrogen-bond acceptors (Lipinski definition) is 5. The summed E-state index contributed by atoms with van der Waals surface area (Å²) in [5.74, 6) is -0.128. The van der Waals surface area contributed by atoms with Gasteiger partial charge in [-0.25, -0.2) is 9.78 Å². The fourth-order valence-electron chi connectivity index (χ4n) is 4.64. The summed E-state index contributed by atoms with van der Waals surface area (Å²) in [6.45, 7) is 3.18. The highest BCUT2D eigenvalue weighted by atomic mass is 32.1. The summed E-state index contributed by atoms with van der Waals surface area (Å²) in [4.78, 5) is 34.4. The van der Waals surface area contributed by atoms with Crippen molar-refractivity contribution in [3.05, 3.63) is 62.0 Å². The molecule has 1 N–H and O–H groups in total. The summed E-state index contributed by atoms with van der Waals surface area (Å²) in [7, 11) is 0. The van der Waals surface area contributed by atoms with Crippen molar-refractivity contribution in [2.24, 2.45) is 0 Å². The van der Waals surface area contributed by atoms with E-state index in [0.717, 1.165) is 54.0 Å². The molecule has 3 aromatic rings. The van der Waals surface area contributed by atoms with Crippen LogP contribution < -0.4 is 5.56 Å². The van der Waals surface area contributed by atoms with Crippen LogP contribution in [-0.4, -0.2) is 38.6 Å². The molecule has 1 saturated heterocycles. The van der Waals surface area contributed by atoms with Crippen LogP contribution >= 0.6 is 11.3 Å². The number of aryl methyl sites for hydroxylation is 2. The second-order valence-electron chi connectivity index (χ2n) is 8.30. The number of aromatic carboxylic acids is 1. The fourth-order valence-corrected chi connectivity index (χ4v) is 5.91. The Hall–Kier alpha value is -2.51. The first-order valence-corrected chi connectivity index (χ1v) is 11.5. The fraction of sp³-hybridized carbons (Fsp3) is 0.435. The molecule has 0 saturated carbocycles. The smallest absolute Gasteiger partial charge is 0.335 e. The van der Waals surface area contributed by atoms with Crippen LogP contribution in [0.3, 0.4) is 0 Å². The van der Waals surface area contributed by atoms with Crippen LogP contribution in [-0.2, 0) is 25.9 Å². The van der Waals surface area contributed by atoms with E-state index in [0.29, 0.717) is 13.1 Å². The highest BCUT2D eigenvalue weighted by Gasteiger charge is 2.23. The van der Waals surface area contributed by atoms with Crippen molar-refractivity contribution in [3.63, 3.8) is 0 Å². The van der Waals surface area contributed by atoms with Gasteiger partial charge in [0.15, 0.2) is 0 Å². The second-order valence-corrected chi connectivity index (χ2v) is 9.38. The number of aromatic nitrogens is 2. The van der Waals surface area contributed by atoms with Crippen LogP contribution in [0, 0.1) is 0 Å². The molecule has 2 aliphatic rings. The van der Waals surface area contributed by atoms with Gasteiger partial charge in [0.2, 0.25) is 0 Å². The van der Waals surface area contributed by atoms with E-state index < -0.39 is 5.97 Å². The Kier molecular flexibility index (Phi) is 5.16. The maximum absolute atomic E-state index is 13.7. The standard InChI is InChI=1S/C23H25N3O3S/c27-22-20-17-5-1-2-6-18(17)30-21(20)24-19(14-25-11-3-4-12-25)26(22)13-15-7-9-16(10-8-15)23(28)29/h7-10H,1-6,11-14H2,(H,28,29). The van der Waals surface area contributed by atoms with E-state index in [9.17, 15) is 9.59 Å². The average Bonchev–Trinajstić information content (AvgIpc) is 3.38. The van der Waals surface area contributed by atoms with Crippen molar-refractivity contribution in [1.29, 1.82) is 0 Å². The van der Waals surface area contributed by atoms with E-state index in [-0.39, 0.29) is 11.1 Å². The SMILES string of the molecule is O=C(O)c1ccc(Cn2c(CN3CCCC3)nc3sc4c(c3c2=O)CCCC4)cc1. The largest absolute Gasteiger partial charge is 0.478 e. The van der Waals surface area contributed by atoms with Crippen LogP contribution in [0.15, 0.2) is 29.1 Å². The lowest BCUT2D eigenvalue weighted by molar-refractivity contribution is 0.0697. The molecular formula is C23H25N3O3S. The predicted molar refractivity (Wildman–Crippen MR) is 118 cm³/mol. The van der Waals surface area contributed by atoms with Crippen molar-refractivity contribution in [3.8, 4) is 0 Å². The monoisotopic (exact) mass is 423 g/mol. The second kappa shape index (κ2) is 7.96. The third kappa shape index (κ3) is 3.56. The molecule has 1 aliphatic heterocycles. The van der Waals surface area contributed by atoms with E-state index in [4.69, 9.17) is 10.1 Å². The lowest BCUT2D eigenvalue weighted by Crippen LogP contribution is -2.30. The van der Waals surface area contributed by atoms with E-state index in [1.807, 2.05) is 4.57 Å². The quantitative estimate of drug-likeness (QED) is 0.678. The van der Waals surface area contributed by atoms with Crippen LogP contribution in [0.1, 0.15) is 57.9 Å². The van der Waals surface area contributed by atoms with E-state index in [1.54, 1.807) is 35.6 Å². The van der Waals surface area contributed by atoms with E-state index in [1.165, 1.54) is 29.7 Å². The van der Waals surface area contributed by atoms with Crippen LogP contribution in [0.25, 0.3) is 10.2 Å². The summed E-state index contributed by atoms with van der Waals surface area (Å²) in [5, 5.41) is 9.96. The molecule has 156 valence electrons. The van der Waals surface area contributed by atoms with Gasteiger partial charge in [0.25, 0.3) is 5.56 Å². The first kappa shape index (κ1) is 19.5. The lowest BCUT2D eigenvalue weighted by Gasteiger charge is -2.19. The molecule has 3 heterocycles. The molecule has 0 amide bonds. The minimum atomic E-state index is -0.943. The molecule has 0 atom stereocenters. The summed E-state index contributed by atoms with van der Waals surface area (Å²) in [5.41, 5.74) is 2.43. The van der Waals surface area contributed by atoms with Gasteiger partial charge in [-0.1, -0.05) is 12.1 Å². The van der Waals surface area contributed by atoms with Crippen molar-refractivity contribution in [2.45, 2.75) is 51.6 Å². The maximum Gasteiger partial charge on any atom is 0.335 e. The lowest BCUT2D eigenvalue weighted by atomic mass is 9.97. The van der Waals surface area contributed by atoms with Crippen molar-refractivity contribution in [1.82, 2.24) is 14.5 Å². The van der Waals surface area contributed by atoms with Crippen molar-refractivity contribution >= 4 is 27.5 Å². The van der Waals surface area contributed by atoms with Gasteiger partial charge in [-0.2, -0.15) is 0 Å². The number of carboxylic acids is 1. The Labute approximate surface area is 178 Å². The summed E-state index contributed by atoms with van der Waals surface area (Å²) in [6, 6.07) is 6.79. The molecular weight excluding hydrogens is 398 g/mol. The van der Waals surface area contributed by atoms with Gasteiger partial charge >= 0.3 is 5.97 Å². The Morgan fingerprint density at radius 3 is 2.50 bits per heavy atom. The van der Waals surface area contributed by atoms with Crippen LogP contribution in [0.2, 0.25) is 0 Å². The van der Waals surface area contributed by atoms with Crippen molar-refractivity contribution in [2.75, 3.05) is 13.1 Å². The first-order valence-electron chi connectivity index (χ1n) is 10.7. The normalized spacial score (nSPS) is 16.8. The first-order chi connectivity index (χ1) is 14.6. The number of carbonyl (C=O) groups is 1. The van der Waals surface area contributed by atoms with Gasteiger partial charge in [-0.15, -0.1) is 11.3 Å². The topological polar surface area (TPSA) is 75.4 Å². The van der Waals surface area contributed by atoms with Gasteiger partial charge in [0.1, 0.15) is 10.7 Å². The number of benzene rings is 1. The molecule has 0 radical (unpaired) electrons. The Morgan fingerprint density at radius 2 is 1.77 bits per heavy atom. The number of carboxylic acid groups (broad SMARTS) is 1. The van der Waals surface area contributed by atoms with Crippen LogP contribution in [0.5, 0.6) is 0 Å². The van der Waals surface area contributed by atoms with Crippen molar-refractivity contribution < 1.29 is 9.90 Å². The summed E-state index contributed by atoms with van der Waals surface area (Å²) < 4.78 is 1.82. The zero-order valence-electron chi connectivity index (χ0n) is 16.9. The molecule has 1 fully saturated rings. The Balaban J connectivity index is 1.60. The van der Waals surface area contributed by atoms with Gasteiger partial charge in [0.05, 0.1) is 24.0 Å². The minimum Gasteiger partial charge on any atom is -0.478 e. The highest BCUT2D eigenvalue weighted by Crippen LogP contribution is 2.34. The number of rotatable bonds is 5. The summed E-state index contributed by atoms with van der Waals surface area (Å²) >= 11 is 1.70. The average molecular weight is 424 g/mol. The molecule has 6 nitrogen and oxygen atoms in total. The highest BCUT2D eigenvalue weighted by molar-refractivity contribution is 7.18. The number of thiophene rings is 1. The van der Waals surface area contributed by atoms with Gasteiger partial charge in [-0.3, -0.25) is 14.3 Å². The molecule has 1 aliphatic carbocycles. The molecule has 7 heteroatoms. The molecule has 30 heavy (non-hydrogen) atoms. The zero-order valence-corrected chi connectivity index (χ0v) is 17.7. The van der Waals surface area contributed by atoms with Gasteiger partial charge < -0.3 is 5.11 Å². The molecule has 2 aromatic heterocycles. The molecule has 0 spiro atoms. The third-order valence-electron chi connectivity index (χ3n) is 6.26. The van der Waals surface area contributed by atoms with Crippen LogP contribution in [0.4, 0.5) is 0 Å². The van der Waals surface area contributed by atoms with E-state index in [2.05, 4.69) is 4.90 Å². The molecule has 1 aromatic carbocycles. The third-order valence-corrected chi connectivity index (χ3v) is 7.44. The molecule has 5 rings (SSSR count). The Morgan fingerprint density at radius 1 is 1.03 bits per heavy atom. The number of fused-ring (bicyclic) bond motifs is 3. The van der Waals surface area contributed by atoms with Gasteiger partial charge in [-0.05, 0) is 74.9 Å². The van der Waals surface area contributed by atoms with E-state index >= 15 is 0 Å². The Bertz CT molecular complexity index is 1160. The predicted octanol–water partition coefficient (Wildman–Crippen LogP) is 3.68.